The SMILES string of the molecule is CC#CCC(O)CC1CCCCO1. The third-order valence-corrected chi connectivity index (χ3v) is 2.32. The second kappa shape index (κ2) is 6.01. The van der Waals surface area contributed by atoms with Crippen molar-refractivity contribution in [1.29, 1.82) is 0 Å². The largest absolute Gasteiger partial charge is 0.392 e. The van der Waals surface area contributed by atoms with E-state index in [0.29, 0.717) is 6.42 Å². The minimum absolute atomic E-state index is 0.266. The Morgan fingerprint density at radius 2 is 2.38 bits per heavy atom. The van der Waals surface area contributed by atoms with Gasteiger partial charge in [-0.3, -0.25) is 0 Å². The van der Waals surface area contributed by atoms with Crippen LogP contribution in [0.3, 0.4) is 0 Å². The maximum absolute atomic E-state index is 9.55. The third-order valence-electron chi connectivity index (χ3n) is 2.32. The molecular weight excluding hydrogens is 164 g/mol. The standard InChI is InChI=1S/C11H18O2/c1-2-3-6-10(12)9-11-7-4-5-8-13-11/h10-12H,4-9H2,1H3. The molecule has 2 atom stereocenters. The summed E-state index contributed by atoms with van der Waals surface area (Å²) in [5.41, 5.74) is 0. The first-order valence-corrected chi connectivity index (χ1v) is 5.02. The average Bonchev–Trinajstić information content (AvgIpc) is 2.16. The molecule has 1 aliphatic rings. The average molecular weight is 182 g/mol. The van der Waals surface area contributed by atoms with Gasteiger partial charge in [0.1, 0.15) is 0 Å². The Morgan fingerprint density at radius 1 is 1.54 bits per heavy atom. The quantitative estimate of drug-likeness (QED) is 0.673. The van der Waals surface area contributed by atoms with E-state index in [1.807, 2.05) is 0 Å². The molecule has 0 aromatic rings. The Kier molecular flexibility index (Phi) is 4.88. The molecule has 74 valence electrons. The van der Waals surface area contributed by atoms with E-state index in [0.717, 1.165) is 19.4 Å². The highest BCUT2D eigenvalue weighted by Crippen LogP contribution is 2.17. The summed E-state index contributed by atoms with van der Waals surface area (Å²) in [6, 6.07) is 0. The van der Waals surface area contributed by atoms with Crippen molar-refractivity contribution in [3.63, 3.8) is 0 Å². The van der Waals surface area contributed by atoms with Gasteiger partial charge in [0.25, 0.3) is 0 Å². The summed E-state index contributed by atoms with van der Waals surface area (Å²) in [5.74, 6) is 5.67. The predicted octanol–water partition coefficient (Wildman–Crippen LogP) is 1.72. The van der Waals surface area contributed by atoms with Crippen LogP contribution in [0.25, 0.3) is 0 Å². The van der Waals surface area contributed by atoms with E-state index >= 15 is 0 Å². The predicted molar refractivity (Wildman–Crippen MR) is 52.3 cm³/mol. The smallest absolute Gasteiger partial charge is 0.0674 e. The summed E-state index contributed by atoms with van der Waals surface area (Å²) >= 11 is 0. The number of hydrogen-bond acceptors (Lipinski definition) is 2. The minimum atomic E-state index is -0.310. The lowest BCUT2D eigenvalue weighted by Crippen LogP contribution is -2.24. The molecule has 1 fully saturated rings. The summed E-state index contributed by atoms with van der Waals surface area (Å²) in [6.07, 6.45) is 4.78. The van der Waals surface area contributed by atoms with Crippen LogP contribution in [-0.2, 0) is 4.74 Å². The summed E-state index contributed by atoms with van der Waals surface area (Å²) < 4.78 is 5.52. The monoisotopic (exact) mass is 182 g/mol. The lowest BCUT2D eigenvalue weighted by atomic mass is 10.0. The molecule has 2 nitrogen and oxygen atoms in total. The van der Waals surface area contributed by atoms with E-state index in [-0.39, 0.29) is 12.2 Å². The molecular formula is C11H18O2. The van der Waals surface area contributed by atoms with Gasteiger partial charge in [0.05, 0.1) is 12.2 Å². The molecule has 2 heteroatoms. The molecule has 0 saturated carbocycles. The van der Waals surface area contributed by atoms with Gasteiger partial charge in [-0.05, 0) is 26.2 Å². The summed E-state index contributed by atoms with van der Waals surface area (Å²) in [6.45, 7) is 2.65. The molecule has 0 aromatic carbocycles. The number of rotatable bonds is 3. The van der Waals surface area contributed by atoms with Crippen LogP contribution in [0.1, 0.15) is 39.0 Å². The van der Waals surface area contributed by atoms with E-state index in [4.69, 9.17) is 4.74 Å². The van der Waals surface area contributed by atoms with Crippen LogP contribution in [0.5, 0.6) is 0 Å². The summed E-state index contributed by atoms with van der Waals surface area (Å²) in [4.78, 5) is 0. The topological polar surface area (TPSA) is 29.5 Å². The molecule has 0 radical (unpaired) electrons. The third kappa shape index (κ3) is 4.31. The van der Waals surface area contributed by atoms with E-state index < -0.39 is 0 Å². The Morgan fingerprint density at radius 3 is 3.00 bits per heavy atom. The highest BCUT2D eigenvalue weighted by Gasteiger charge is 2.17. The molecule has 2 unspecified atom stereocenters. The minimum Gasteiger partial charge on any atom is -0.392 e. The number of hydrogen-bond donors (Lipinski definition) is 1. The number of aliphatic hydroxyl groups excluding tert-OH is 1. The van der Waals surface area contributed by atoms with E-state index in [9.17, 15) is 5.11 Å². The van der Waals surface area contributed by atoms with Crippen LogP contribution in [0.4, 0.5) is 0 Å². The van der Waals surface area contributed by atoms with E-state index in [1.165, 1.54) is 12.8 Å². The van der Waals surface area contributed by atoms with Crippen LogP contribution < -0.4 is 0 Å². The highest BCUT2D eigenvalue weighted by atomic mass is 16.5. The molecule has 1 aliphatic heterocycles. The fourth-order valence-corrected chi connectivity index (χ4v) is 1.60. The Bertz CT molecular complexity index is 184. The van der Waals surface area contributed by atoms with Crippen LogP contribution in [0, 0.1) is 11.8 Å². The maximum atomic E-state index is 9.55. The van der Waals surface area contributed by atoms with Crippen LogP contribution in [-0.4, -0.2) is 23.9 Å². The van der Waals surface area contributed by atoms with Gasteiger partial charge in [0, 0.05) is 19.4 Å². The van der Waals surface area contributed by atoms with Crippen LogP contribution in [0.2, 0.25) is 0 Å². The Labute approximate surface area is 80.3 Å². The number of ether oxygens (including phenoxy) is 1. The zero-order valence-electron chi connectivity index (χ0n) is 8.25. The first kappa shape index (κ1) is 10.6. The first-order valence-electron chi connectivity index (χ1n) is 5.02. The van der Waals surface area contributed by atoms with Crippen LogP contribution >= 0.6 is 0 Å². The molecule has 0 aromatic heterocycles. The highest BCUT2D eigenvalue weighted by molar-refractivity contribution is 4.96. The van der Waals surface area contributed by atoms with Crippen molar-refractivity contribution in [3.05, 3.63) is 0 Å². The van der Waals surface area contributed by atoms with Gasteiger partial charge in [0.2, 0.25) is 0 Å². The summed E-state index contributed by atoms with van der Waals surface area (Å²) in [5, 5.41) is 9.55. The second-order valence-corrected chi connectivity index (χ2v) is 3.51. The summed E-state index contributed by atoms with van der Waals surface area (Å²) in [7, 11) is 0. The second-order valence-electron chi connectivity index (χ2n) is 3.51. The molecule has 0 amide bonds. The van der Waals surface area contributed by atoms with Crippen molar-refractivity contribution in [2.75, 3.05) is 6.61 Å². The van der Waals surface area contributed by atoms with E-state index in [2.05, 4.69) is 11.8 Å². The van der Waals surface area contributed by atoms with Crippen molar-refractivity contribution in [2.24, 2.45) is 0 Å². The van der Waals surface area contributed by atoms with Crippen molar-refractivity contribution in [1.82, 2.24) is 0 Å². The van der Waals surface area contributed by atoms with Gasteiger partial charge in [0.15, 0.2) is 0 Å². The van der Waals surface area contributed by atoms with Gasteiger partial charge in [-0.1, -0.05) is 0 Å². The molecule has 0 spiro atoms. The molecule has 1 saturated heterocycles. The zero-order valence-corrected chi connectivity index (χ0v) is 8.25. The lowest BCUT2D eigenvalue weighted by Gasteiger charge is -2.24. The van der Waals surface area contributed by atoms with Gasteiger partial charge in [-0.2, -0.15) is 0 Å². The van der Waals surface area contributed by atoms with Crippen molar-refractivity contribution < 1.29 is 9.84 Å². The zero-order chi connectivity index (χ0) is 9.52. The Balaban J connectivity index is 2.16. The molecule has 0 bridgehead atoms. The maximum Gasteiger partial charge on any atom is 0.0674 e. The molecule has 13 heavy (non-hydrogen) atoms. The molecule has 1 rings (SSSR count). The van der Waals surface area contributed by atoms with Gasteiger partial charge in [-0.15, -0.1) is 11.8 Å². The van der Waals surface area contributed by atoms with Crippen molar-refractivity contribution >= 4 is 0 Å². The van der Waals surface area contributed by atoms with Gasteiger partial charge < -0.3 is 9.84 Å². The van der Waals surface area contributed by atoms with Crippen molar-refractivity contribution in [3.8, 4) is 11.8 Å². The fourth-order valence-electron chi connectivity index (χ4n) is 1.60. The molecule has 1 heterocycles. The van der Waals surface area contributed by atoms with Gasteiger partial charge in [-0.25, -0.2) is 0 Å². The van der Waals surface area contributed by atoms with Gasteiger partial charge >= 0.3 is 0 Å². The van der Waals surface area contributed by atoms with E-state index in [1.54, 1.807) is 6.92 Å². The lowest BCUT2D eigenvalue weighted by molar-refractivity contribution is -0.0139. The fraction of sp³-hybridized carbons (Fsp3) is 0.818. The van der Waals surface area contributed by atoms with Crippen molar-refractivity contribution in [2.45, 2.75) is 51.2 Å². The molecule has 0 aliphatic carbocycles. The normalized spacial score (nSPS) is 24.6. The first-order chi connectivity index (χ1) is 6.33. The molecule has 1 N–H and O–H groups in total. The Hall–Kier alpha value is -0.520. The number of aliphatic hydroxyl groups is 1. The van der Waals surface area contributed by atoms with Crippen LogP contribution in [0.15, 0.2) is 0 Å².